The maximum atomic E-state index is 5.89. The molecule has 3 aromatic rings. The summed E-state index contributed by atoms with van der Waals surface area (Å²) < 4.78 is 7.94. The van der Waals surface area contributed by atoms with Crippen LogP contribution in [0.2, 0.25) is 5.02 Å². The van der Waals surface area contributed by atoms with Crippen molar-refractivity contribution in [2.75, 3.05) is 0 Å². The minimum atomic E-state index is 0.549. The lowest BCUT2D eigenvalue weighted by Gasteiger charge is -2.13. The van der Waals surface area contributed by atoms with Crippen LogP contribution in [-0.4, -0.2) is 9.55 Å². The first-order chi connectivity index (χ1) is 11.7. The fourth-order valence-electron chi connectivity index (χ4n) is 2.69. The van der Waals surface area contributed by atoms with E-state index in [1.165, 1.54) is 5.56 Å². The predicted octanol–water partition coefficient (Wildman–Crippen LogP) is 4.99. The van der Waals surface area contributed by atoms with Gasteiger partial charge < -0.3 is 9.30 Å². The molecule has 0 spiro atoms. The van der Waals surface area contributed by atoms with E-state index in [0.29, 0.717) is 12.5 Å². The minimum absolute atomic E-state index is 0.549. The van der Waals surface area contributed by atoms with Crippen LogP contribution in [-0.2, 0) is 19.6 Å². The van der Waals surface area contributed by atoms with E-state index in [4.69, 9.17) is 16.3 Å². The number of hydrogen-bond acceptors (Lipinski definition) is 2. The maximum absolute atomic E-state index is 5.89. The van der Waals surface area contributed by atoms with Gasteiger partial charge in [-0.2, -0.15) is 0 Å². The molecule has 1 aromatic heterocycles. The molecule has 24 heavy (non-hydrogen) atoms. The van der Waals surface area contributed by atoms with Gasteiger partial charge in [0, 0.05) is 24.0 Å². The Morgan fingerprint density at radius 2 is 1.75 bits per heavy atom. The summed E-state index contributed by atoms with van der Waals surface area (Å²) in [5, 5.41) is 0.743. The Bertz CT molecular complexity index is 736. The quantitative estimate of drug-likeness (QED) is 0.605. The van der Waals surface area contributed by atoms with Crippen LogP contribution < -0.4 is 4.74 Å². The van der Waals surface area contributed by atoms with E-state index in [2.05, 4.69) is 28.6 Å². The van der Waals surface area contributed by atoms with Gasteiger partial charge in [0.25, 0.3) is 0 Å². The van der Waals surface area contributed by atoms with Crippen LogP contribution in [0.5, 0.6) is 5.75 Å². The highest BCUT2D eigenvalue weighted by Crippen LogP contribution is 2.18. The third kappa shape index (κ3) is 4.87. The van der Waals surface area contributed by atoms with Crippen LogP contribution in [0.1, 0.15) is 18.1 Å². The van der Waals surface area contributed by atoms with E-state index >= 15 is 0 Å². The van der Waals surface area contributed by atoms with Crippen LogP contribution in [0.15, 0.2) is 67.3 Å². The molecular weight excluding hydrogens is 320 g/mol. The molecule has 1 unspecified atom stereocenters. The third-order valence-electron chi connectivity index (χ3n) is 3.91. The van der Waals surface area contributed by atoms with Gasteiger partial charge in [-0.25, -0.2) is 4.98 Å². The molecule has 1 atom stereocenters. The molecule has 0 aliphatic carbocycles. The molecule has 0 aliphatic heterocycles. The number of aromatic nitrogens is 2. The van der Waals surface area contributed by atoms with Gasteiger partial charge in [0.05, 0.1) is 6.33 Å². The monoisotopic (exact) mass is 340 g/mol. The number of imidazole rings is 1. The summed E-state index contributed by atoms with van der Waals surface area (Å²) in [7, 11) is 0. The van der Waals surface area contributed by atoms with E-state index in [1.807, 2.05) is 55.1 Å². The van der Waals surface area contributed by atoms with Crippen molar-refractivity contribution in [2.45, 2.75) is 26.5 Å². The second-order valence-corrected chi connectivity index (χ2v) is 6.56. The molecule has 124 valence electrons. The normalized spacial score (nSPS) is 12.1. The van der Waals surface area contributed by atoms with E-state index in [1.54, 1.807) is 0 Å². The maximum Gasteiger partial charge on any atom is 0.119 e. The summed E-state index contributed by atoms with van der Waals surface area (Å²) >= 11 is 5.89. The molecule has 0 radical (unpaired) electrons. The number of rotatable bonds is 7. The van der Waals surface area contributed by atoms with Crippen LogP contribution in [0.3, 0.4) is 0 Å². The zero-order valence-electron chi connectivity index (χ0n) is 13.7. The van der Waals surface area contributed by atoms with E-state index in [0.717, 1.165) is 29.3 Å². The first kappa shape index (κ1) is 16.6. The van der Waals surface area contributed by atoms with E-state index < -0.39 is 0 Å². The molecule has 0 saturated heterocycles. The molecule has 0 fully saturated rings. The van der Waals surface area contributed by atoms with Crippen molar-refractivity contribution in [3.63, 3.8) is 0 Å². The standard InChI is InChI=1S/C20H21ClN2O/c1-16(13-23-11-10-22-15-23)12-17-4-8-20(9-5-17)24-14-18-2-6-19(21)7-3-18/h2-11,15-16H,12-14H2,1H3. The highest BCUT2D eigenvalue weighted by molar-refractivity contribution is 6.30. The molecule has 3 nitrogen and oxygen atoms in total. The lowest BCUT2D eigenvalue weighted by Crippen LogP contribution is -2.08. The predicted molar refractivity (Wildman–Crippen MR) is 97.3 cm³/mol. The largest absolute Gasteiger partial charge is 0.489 e. The summed E-state index contributed by atoms with van der Waals surface area (Å²) in [4.78, 5) is 4.08. The topological polar surface area (TPSA) is 27.1 Å². The number of nitrogens with zero attached hydrogens (tertiary/aromatic N) is 2. The second kappa shape index (κ2) is 8.02. The number of halogens is 1. The Morgan fingerprint density at radius 3 is 2.42 bits per heavy atom. The molecule has 0 N–H and O–H groups in total. The number of benzene rings is 2. The molecule has 0 aliphatic rings. The Labute approximate surface area is 147 Å². The molecular formula is C20H21ClN2O. The Balaban J connectivity index is 1.50. The molecule has 0 saturated carbocycles. The van der Waals surface area contributed by atoms with Crippen molar-refractivity contribution in [1.29, 1.82) is 0 Å². The summed E-state index contributed by atoms with van der Waals surface area (Å²) in [5.41, 5.74) is 2.43. The smallest absolute Gasteiger partial charge is 0.119 e. The summed E-state index contributed by atoms with van der Waals surface area (Å²) in [6, 6.07) is 16.1. The minimum Gasteiger partial charge on any atom is -0.489 e. The van der Waals surface area contributed by atoms with E-state index in [-0.39, 0.29) is 0 Å². The van der Waals surface area contributed by atoms with Gasteiger partial charge in [-0.05, 0) is 47.7 Å². The van der Waals surface area contributed by atoms with Gasteiger partial charge >= 0.3 is 0 Å². The zero-order valence-corrected chi connectivity index (χ0v) is 14.5. The Kier molecular flexibility index (Phi) is 5.55. The lowest BCUT2D eigenvalue weighted by molar-refractivity contribution is 0.306. The lowest BCUT2D eigenvalue weighted by atomic mass is 10.0. The molecule has 1 heterocycles. The fraction of sp³-hybridized carbons (Fsp3) is 0.250. The van der Waals surface area contributed by atoms with Gasteiger partial charge in [-0.15, -0.1) is 0 Å². The Hall–Kier alpha value is -2.26. The molecule has 2 aromatic carbocycles. The van der Waals surface area contributed by atoms with Gasteiger partial charge in [-0.1, -0.05) is 42.8 Å². The number of ether oxygens (including phenoxy) is 1. The van der Waals surface area contributed by atoms with Crippen LogP contribution in [0.4, 0.5) is 0 Å². The van der Waals surface area contributed by atoms with Crippen LogP contribution in [0, 0.1) is 5.92 Å². The first-order valence-corrected chi connectivity index (χ1v) is 8.49. The summed E-state index contributed by atoms with van der Waals surface area (Å²) in [6.45, 7) is 3.79. The average Bonchev–Trinajstić information content (AvgIpc) is 3.08. The van der Waals surface area contributed by atoms with Crippen molar-refractivity contribution in [3.8, 4) is 5.75 Å². The molecule has 0 bridgehead atoms. The van der Waals surface area contributed by atoms with Crippen molar-refractivity contribution in [2.24, 2.45) is 5.92 Å². The highest BCUT2D eigenvalue weighted by atomic mass is 35.5. The highest BCUT2D eigenvalue weighted by Gasteiger charge is 2.05. The van der Waals surface area contributed by atoms with Crippen molar-refractivity contribution in [3.05, 3.63) is 83.4 Å². The number of hydrogen-bond donors (Lipinski definition) is 0. The summed E-state index contributed by atoms with van der Waals surface area (Å²) in [5.74, 6) is 1.44. The van der Waals surface area contributed by atoms with Gasteiger partial charge in [-0.3, -0.25) is 0 Å². The molecule has 0 amide bonds. The average molecular weight is 341 g/mol. The first-order valence-electron chi connectivity index (χ1n) is 8.11. The summed E-state index contributed by atoms with van der Waals surface area (Å²) in [6.07, 6.45) is 6.73. The third-order valence-corrected chi connectivity index (χ3v) is 4.16. The van der Waals surface area contributed by atoms with Crippen molar-refractivity contribution < 1.29 is 4.74 Å². The van der Waals surface area contributed by atoms with Crippen LogP contribution in [0.25, 0.3) is 0 Å². The van der Waals surface area contributed by atoms with Crippen molar-refractivity contribution in [1.82, 2.24) is 9.55 Å². The fourth-order valence-corrected chi connectivity index (χ4v) is 2.82. The second-order valence-electron chi connectivity index (χ2n) is 6.13. The van der Waals surface area contributed by atoms with Gasteiger partial charge in [0.1, 0.15) is 12.4 Å². The van der Waals surface area contributed by atoms with Crippen molar-refractivity contribution >= 4 is 11.6 Å². The van der Waals surface area contributed by atoms with Crippen LogP contribution >= 0.6 is 11.6 Å². The molecule has 4 heteroatoms. The Morgan fingerprint density at radius 1 is 1.04 bits per heavy atom. The van der Waals surface area contributed by atoms with Gasteiger partial charge in [0.2, 0.25) is 0 Å². The van der Waals surface area contributed by atoms with E-state index in [9.17, 15) is 0 Å². The SMILES string of the molecule is CC(Cc1ccc(OCc2ccc(Cl)cc2)cc1)Cn1ccnc1. The molecule has 3 rings (SSSR count). The van der Waals surface area contributed by atoms with Gasteiger partial charge in [0.15, 0.2) is 0 Å². The zero-order chi connectivity index (χ0) is 16.8.